The van der Waals surface area contributed by atoms with Crippen molar-refractivity contribution in [2.24, 2.45) is 0 Å². The van der Waals surface area contributed by atoms with Gasteiger partial charge >= 0.3 is 5.97 Å². The average molecular weight is 1100 g/mol. The van der Waals surface area contributed by atoms with Crippen LogP contribution < -0.4 is 5.32 Å². The predicted octanol–water partition coefficient (Wildman–Crippen LogP) is 14.7. The Balaban J connectivity index is 1.02. The highest BCUT2D eigenvalue weighted by Crippen LogP contribution is 2.49. The maximum Gasteiger partial charge on any atom is 0.338 e. The fraction of sp³-hybridized carbons (Fsp3) is 0.108. The molecule has 12 aromatic rings. The lowest BCUT2D eigenvalue weighted by Gasteiger charge is -2.40. The zero-order valence-electron chi connectivity index (χ0n) is 45.9. The molecule has 1 saturated heterocycles. The second kappa shape index (κ2) is 23.8. The van der Waals surface area contributed by atoms with Crippen LogP contribution in [-0.2, 0) is 35.7 Å². The largest absolute Gasteiger partial charge is 0.453 e. The summed E-state index contributed by atoms with van der Waals surface area (Å²) in [5.41, 5.74) is 6.01. The van der Waals surface area contributed by atoms with E-state index in [1.807, 2.05) is 187 Å². The van der Waals surface area contributed by atoms with Crippen LogP contribution in [0.5, 0.6) is 0 Å². The Morgan fingerprint density at radius 2 is 0.786 bits per heavy atom. The standard InChI is InChI=1S/C74H59N5O5/c80-71(54-31-11-1-12-32-54)83-66-64(51-81-73(58-39-19-5-20-40-58,59-41-21-6-22-42-59)60-43-23-7-24-44-60)82-70(67(66)84-74(61-45-25-8-26-46-61,62-47-27-9-28-48-62)63-49-29-10-30-50-63)79-53-77-65-68(75-52-76-69(65)79)78-72(55-33-13-2-14-34-55,56-35-15-3-16-36-56)57-37-17-4-18-38-57/h1-50,52-53,64,66-67,70H,51H2,(H,75,76,78)/t64-,66+,67-,70-/m1/s1. The first-order chi connectivity index (χ1) is 41.6. The summed E-state index contributed by atoms with van der Waals surface area (Å²) in [6, 6.07) is 101. The molecule has 1 fully saturated rings. The minimum atomic E-state index is -1.33. The van der Waals surface area contributed by atoms with Gasteiger partial charge in [-0.15, -0.1) is 0 Å². The zero-order chi connectivity index (χ0) is 56.6. The fourth-order valence-electron chi connectivity index (χ4n) is 12.1. The lowest BCUT2D eigenvalue weighted by atomic mass is 9.77. The minimum absolute atomic E-state index is 0.0844. The number of hydrogen-bond acceptors (Lipinski definition) is 9. The molecule has 10 nitrogen and oxygen atoms in total. The van der Waals surface area contributed by atoms with E-state index in [4.69, 9.17) is 33.9 Å². The van der Waals surface area contributed by atoms with Crippen LogP contribution in [0.1, 0.15) is 66.7 Å². The van der Waals surface area contributed by atoms with E-state index < -0.39 is 47.3 Å². The number of rotatable bonds is 19. The van der Waals surface area contributed by atoms with Crippen molar-refractivity contribution in [2.45, 2.75) is 41.3 Å². The van der Waals surface area contributed by atoms with Gasteiger partial charge in [-0.25, -0.2) is 19.7 Å². The Kier molecular flexibility index (Phi) is 15.1. The number of esters is 1. The van der Waals surface area contributed by atoms with Gasteiger partial charge < -0.3 is 24.3 Å². The molecule has 84 heavy (non-hydrogen) atoms. The molecule has 410 valence electrons. The summed E-state index contributed by atoms with van der Waals surface area (Å²) in [6.07, 6.45) is -1.04. The number of imidazole rings is 1. The van der Waals surface area contributed by atoms with E-state index in [2.05, 4.69) is 115 Å². The molecular formula is C74H59N5O5. The highest BCUT2D eigenvalue weighted by atomic mass is 16.6. The lowest BCUT2D eigenvalue weighted by molar-refractivity contribution is -0.124. The van der Waals surface area contributed by atoms with E-state index in [1.54, 1.807) is 24.8 Å². The van der Waals surface area contributed by atoms with Gasteiger partial charge in [-0.3, -0.25) is 4.57 Å². The summed E-state index contributed by atoms with van der Waals surface area (Å²) in [5, 5.41) is 3.96. The number of carbonyl (C=O) groups excluding carboxylic acids is 1. The summed E-state index contributed by atoms with van der Waals surface area (Å²) in [7, 11) is 0. The van der Waals surface area contributed by atoms with Gasteiger partial charge in [0.2, 0.25) is 0 Å². The molecule has 3 heterocycles. The maximum absolute atomic E-state index is 15.0. The lowest BCUT2D eigenvalue weighted by Crippen LogP contribution is -2.46. The number of hydrogen-bond donors (Lipinski definition) is 1. The van der Waals surface area contributed by atoms with Crippen molar-refractivity contribution < 1.29 is 23.7 Å². The van der Waals surface area contributed by atoms with E-state index >= 15 is 4.79 Å². The Bertz CT molecular complexity index is 3770. The molecule has 2 aromatic heterocycles. The van der Waals surface area contributed by atoms with Gasteiger partial charge in [0.1, 0.15) is 35.3 Å². The number of fused-ring (bicyclic) bond motifs is 1. The molecule has 0 spiro atoms. The maximum atomic E-state index is 15.0. The van der Waals surface area contributed by atoms with E-state index in [-0.39, 0.29) is 6.61 Å². The van der Waals surface area contributed by atoms with Crippen LogP contribution in [0.2, 0.25) is 0 Å². The van der Waals surface area contributed by atoms with Crippen molar-refractivity contribution in [3.05, 3.63) is 372 Å². The predicted molar refractivity (Wildman–Crippen MR) is 327 cm³/mol. The summed E-state index contributed by atoms with van der Waals surface area (Å²) in [6.45, 7) is -0.0844. The molecule has 0 aliphatic carbocycles. The van der Waals surface area contributed by atoms with Crippen LogP contribution in [-0.4, -0.2) is 50.4 Å². The fourth-order valence-corrected chi connectivity index (χ4v) is 12.1. The average Bonchev–Trinajstić information content (AvgIpc) is 3.56. The van der Waals surface area contributed by atoms with Crippen LogP contribution in [0, 0.1) is 0 Å². The third kappa shape index (κ3) is 9.92. The third-order valence-corrected chi connectivity index (χ3v) is 16.0. The Morgan fingerprint density at radius 1 is 0.429 bits per heavy atom. The molecule has 1 aliphatic heterocycles. The molecule has 10 heteroatoms. The molecular weight excluding hydrogens is 1040 g/mol. The minimum Gasteiger partial charge on any atom is -0.453 e. The SMILES string of the molecule is O=C(O[C@@H]1[C@@H](OC(c2ccccc2)(c2ccccc2)c2ccccc2)[C@H](n2cnc3c(NC(c4ccccc4)(c4ccccc4)c4ccccc4)ncnc32)O[C@@H]1COC(c1ccccc1)(c1ccccc1)c1ccccc1)c1ccccc1. The van der Waals surface area contributed by atoms with Crippen molar-refractivity contribution in [1.82, 2.24) is 19.5 Å². The summed E-state index contributed by atoms with van der Waals surface area (Å²) in [4.78, 5) is 30.3. The Labute approximate surface area is 488 Å². The number of aromatic nitrogens is 4. The van der Waals surface area contributed by atoms with Crippen molar-refractivity contribution in [2.75, 3.05) is 11.9 Å². The van der Waals surface area contributed by atoms with Gasteiger partial charge in [0.15, 0.2) is 29.3 Å². The van der Waals surface area contributed by atoms with Crippen LogP contribution >= 0.6 is 0 Å². The van der Waals surface area contributed by atoms with Crippen molar-refractivity contribution in [3.63, 3.8) is 0 Å². The second-order valence-corrected chi connectivity index (χ2v) is 20.8. The van der Waals surface area contributed by atoms with Gasteiger partial charge in [-0.1, -0.05) is 291 Å². The topological polar surface area (TPSA) is 110 Å². The molecule has 0 unspecified atom stereocenters. The van der Waals surface area contributed by atoms with E-state index in [0.717, 1.165) is 50.1 Å². The number of nitrogens with one attached hydrogen (secondary N) is 1. The summed E-state index contributed by atoms with van der Waals surface area (Å²) >= 11 is 0. The quantitative estimate of drug-likeness (QED) is 0.0625. The van der Waals surface area contributed by atoms with Gasteiger partial charge in [0.05, 0.1) is 18.5 Å². The molecule has 10 aromatic carbocycles. The van der Waals surface area contributed by atoms with Crippen LogP contribution in [0.25, 0.3) is 11.2 Å². The van der Waals surface area contributed by atoms with E-state index in [9.17, 15) is 0 Å². The normalized spacial score (nSPS) is 16.2. The number of nitrogens with zero attached hydrogens (tertiary/aromatic N) is 4. The Morgan fingerprint density at radius 3 is 1.18 bits per heavy atom. The highest BCUT2D eigenvalue weighted by molar-refractivity contribution is 5.89. The molecule has 4 atom stereocenters. The Hall–Kier alpha value is -10.1. The highest BCUT2D eigenvalue weighted by Gasteiger charge is 2.55. The first kappa shape index (κ1) is 53.2. The molecule has 0 bridgehead atoms. The first-order valence-corrected chi connectivity index (χ1v) is 28.2. The number of ether oxygens (including phenoxy) is 4. The van der Waals surface area contributed by atoms with E-state index in [0.29, 0.717) is 22.5 Å². The number of carbonyl (C=O) groups is 1. The van der Waals surface area contributed by atoms with Crippen molar-refractivity contribution in [1.29, 1.82) is 0 Å². The molecule has 13 rings (SSSR count). The van der Waals surface area contributed by atoms with Gasteiger partial charge in [0.25, 0.3) is 0 Å². The molecule has 1 N–H and O–H groups in total. The van der Waals surface area contributed by atoms with E-state index in [1.165, 1.54) is 0 Å². The molecule has 0 radical (unpaired) electrons. The van der Waals surface area contributed by atoms with Gasteiger partial charge in [-0.2, -0.15) is 0 Å². The first-order valence-electron chi connectivity index (χ1n) is 28.2. The number of anilines is 1. The monoisotopic (exact) mass is 1100 g/mol. The van der Waals surface area contributed by atoms with Crippen molar-refractivity contribution in [3.8, 4) is 0 Å². The van der Waals surface area contributed by atoms with Crippen LogP contribution in [0.15, 0.2) is 316 Å². The summed E-state index contributed by atoms with van der Waals surface area (Å²) < 4.78 is 32.2. The summed E-state index contributed by atoms with van der Waals surface area (Å²) in [5.74, 6) is -0.0831. The van der Waals surface area contributed by atoms with Crippen LogP contribution in [0.4, 0.5) is 5.82 Å². The van der Waals surface area contributed by atoms with Gasteiger partial charge in [0, 0.05) is 0 Å². The molecule has 1 aliphatic rings. The molecule has 0 saturated carbocycles. The van der Waals surface area contributed by atoms with Crippen LogP contribution in [0.3, 0.4) is 0 Å². The smallest absolute Gasteiger partial charge is 0.338 e. The molecule has 0 amide bonds. The van der Waals surface area contributed by atoms with Gasteiger partial charge in [-0.05, 0) is 62.2 Å². The van der Waals surface area contributed by atoms with Crippen molar-refractivity contribution >= 4 is 23.0 Å². The second-order valence-electron chi connectivity index (χ2n) is 20.8. The number of benzene rings is 10. The zero-order valence-corrected chi connectivity index (χ0v) is 45.9. The third-order valence-electron chi connectivity index (χ3n) is 16.0.